The van der Waals surface area contributed by atoms with E-state index in [0.717, 1.165) is 5.56 Å². The van der Waals surface area contributed by atoms with E-state index in [1.54, 1.807) is 24.3 Å². The molecule has 0 aliphatic carbocycles. The standard InChI is InChI=1S/C17H15Cl2NO3/c1-10(2)22-16-14-5-3-4-6-15(14)23-17(21)20(16)13-8-11(18)7-12(19)9-13/h3-10,16H,1-2H3. The smallest absolute Gasteiger partial charge is 0.409 e. The van der Waals surface area contributed by atoms with Crippen LogP contribution in [0.15, 0.2) is 42.5 Å². The molecule has 0 bridgehead atoms. The van der Waals surface area contributed by atoms with Crippen molar-refractivity contribution in [3.8, 4) is 5.75 Å². The molecule has 0 saturated heterocycles. The zero-order valence-electron chi connectivity index (χ0n) is 12.6. The van der Waals surface area contributed by atoms with Gasteiger partial charge in [0, 0.05) is 15.6 Å². The minimum absolute atomic E-state index is 0.0869. The maximum atomic E-state index is 12.5. The maximum Gasteiger partial charge on any atom is 0.422 e. The van der Waals surface area contributed by atoms with Crippen molar-refractivity contribution < 1.29 is 14.3 Å². The van der Waals surface area contributed by atoms with Gasteiger partial charge in [-0.25, -0.2) is 9.69 Å². The van der Waals surface area contributed by atoms with E-state index < -0.39 is 12.3 Å². The summed E-state index contributed by atoms with van der Waals surface area (Å²) in [6.07, 6.45) is -1.23. The van der Waals surface area contributed by atoms with E-state index in [0.29, 0.717) is 21.5 Å². The summed E-state index contributed by atoms with van der Waals surface area (Å²) in [6.45, 7) is 3.82. The molecule has 2 aromatic carbocycles. The highest BCUT2D eigenvalue weighted by molar-refractivity contribution is 6.35. The van der Waals surface area contributed by atoms with Crippen molar-refractivity contribution in [3.05, 3.63) is 58.1 Å². The maximum absolute atomic E-state index is 12.5. The minimum Gasteiger partial charge on any atom is -0.409 e. The normalized spacial score (nSPS) is 17.2. The van der Waals surface area contributed by atoms with E-state index in [1.165, 1.54) is 4.90 Å². The van der Waals surface area contributed by atoms with Crippen LogP contribution in [0.3, 0.4) is 0 Å². The number of hydrogen-bond acceptors (Lipinski definition) is 3. The van der Waals surface area contributed by atoms with Gasteiger partial charge < -0.3 is 9.47 Å². The molecule has 0 aromatic heterocycles. The van der Waals surface area contributed by atoms with Crippen LogP contribution in [-0.2, 0) is 4.74 Å². The van der Waals surface area contributed by atoms with Gasteiger partial charge in [-0.3, -0.25) is 0 Å². The lowest BCUT2D eigenvalue weighted by atomic mass is 10.1. The Kier molecular flexibility index (Phi) is 4.48. The van der Waals surface area contributed by atoms with Gasteiger partial charge in [0.05, 0.1) is 11.8 Å². The van der Waals surface area contributed by atoms with Crippen LogP contribution in [0.1, 0.15) is 25.6 Å². The monoisotopic (exact) mass is 351 g/mol. The second kappa shape index (κ2) is 6.40. The fourth-order valence-corrected chi connectivity index (χ4v) is 2.98. The first-order valence-corrected chi connectivity index (χ1v) is 7.93. The second-order valence-corrected chi connectivity index (χ2v) is 6.31. The van der Waals surface area contributed by atoms with Crippen molar-refractivity contribution in [2.24, 2.45) is 0 Å². The quantitative estimate of drug-likeness (QED) is 0.739. The highest BCUT2D eigenvalue weighted by Gasteiger charge is 2.37. The molecule has 1 aliphatic rings. The van der Waals surface area contributed by atoms with Crippen molar-refractivity contribution in [1.82, 2.24) is 0 Å². The van der Waals surface area contributed by atoms with Crippen LogP contribution in [-0.4, -0.2) is 12.2 Å². The summed E-state index contributed by atoms with van der Waals surface area (Å²) in [5, 5.41) is 0.866. The SMILES string of the molecule is CC(C)OC1c2ccccc2OC(=O)N1c1cc(Cl)cc(Cl)c1. The van der Waals surface area contributed by atoms with E-state index in [4.69, 9.17) is 32.7 Å². The van der Waals surface area contributed by atoms with E-state index in [9.17, 15) is 4.79 Å². The van der Waals surface area contributed by atoms with Crippen LogP contribution < -0.4 is 9.64 Å². The van der Waals surface area contributed by atoms with Gasteiger partial charge >= 0.3 is 6.09 Å². The third-order valence-corrected chi connectivity index (χ3v) is 3.78. The van der Waals surface area contributed by atoms with Gasteiger partial charge in [0.1, 0.15) is 5.75 Å². The van der Waals surface area contributed by atoms with Crippen molar-refractivity contribution in [2.45, 2.75) is 26.2 Å². The van der Waals surface area contributed by atoms with Crippen molar-refractivity contribution in [3.63, 3.8) is 0 Å². The van der Waals surface area contributed by atoms with Crippen LogP contribution in [0, 0.1) is 0 Å². The molecule has 1 atom stereocenters. The highest BCUT2D eigenvalue weighted by atomic mass is 35.5. The lowest BCUT2D eigenvalue weighted by Crippen LogP contribution is -2.43. The van der Waals surface area contributed by atoms with Crippen LogP contribution in [0.5, 0.6) is 5.75 Å². The first-order valence-electron chi connectivity index (χ1n) is 7.17. The summed E-state index contributed by atoms with van der Waals surface area (Å²) in [5.74, 6) is 0.493. The van der Waals surface area contributed by atoms with Crippen molar-refractivity contribution in [1.29, 1.82) is 0 Å². The molecular weight excluding hydrogens is 337 g/mol. The second-order valence-electron chi connectivity index (χ2n) is 5.44. The molecule has 0 N–H and O–H groups in total. The van der Waals surface area contributed by atoms with E-state index in [-0.39, 0.29) is 6.10 Å². The number of nitrogens with zero attached hydrogens (tertiary/aromatic N) is 1. The number of para-hydroxylation sites is 1. The van der Waals surface area contributed by atoms with Gasteiger partial charge in [0.15, 0.2) is 6.23 Å². The number of hydrogen-bond donors (Lipinski definition) is 0. The summed E-state index contributed by atoms with van der Waals surface area (Å²) in [7, 11) is 0. The largest absolute Gasteiger partial charge is 0.422 e. The van der Waals surface area contributed by atoms with Gasteiger partial charge in [-0.2, -0.15) is 0 Å². The molecule has 1 amide bonds. The Bertz CT molecular complexity index is 728. The van der Waals surface area contributed by atoms with Crippen molar-refractivity contribution in [2.75, 3.05) is 4.90 Å². The molecule has 1 unspecified atom stereocenters. The Balaban J connectivity index is 2.11. The predicted octanol–water partition coefficient (Wildman–Crippen LogP) is 5.44. The van der Waals surface area contributed by atoms with Gasteiger partial charge in [0.2, 0.25) is 0 Å². The predicted molar refractivity (Wildman–Crippen MR) is 90.4 cm³/mol. The molecular formula is C17H15Cl2NO3. The number of amides is 1. The van der Waals surface area contributed by atoms with Gasteiger partial charge in [-0.05, 0) is 38.1 Å². The number of anilines is 1. The zero-order chi connectivity index (χ0) is 16.6. The molecule has 23 heavy (non-hydrogen) atoms. The third kappa shape index (κ3) is 3.29. The lowest BCUT2D eigenvalue weighted by molar-refractivity contribution is 0.000796. The first kappa shape index (κ1) is 16.1. The Hall–Kier alpha value is -1.75. The van der Waals surface area contributed by atoms with E-state index >= 15 is 0 Å². The molecule has 0 fully saturated rings. The summed E-state index contributed by atoms with van der Waals surface area (Å²) in [5.41, 5.74) is 1.30. The summed E-state index contributed by atoms with van der Waals surface area (Å²) in [6, 6.07) is 12.2. The Morgan fingerprint density at radius 3 is 2.43 bits per heavy atom. The molecule has 1 heterocycles. The Morgan fingerprint density at radius 1 is 1.13 bits per heavy atom. The molecule has 1 aliphatic heterocycles. The number of fused-ring (bicyclic) bond motifs is 1. The topological polar surface area (TPSA) is 38.8 Å². The van der Waals surface area contributed by atoms with E-state index in [2.05, 4.69) is 0 Å². The Morgan fingerprint density at radius 2 is 1.78 bits per heavy atom. The average molecular weight is 352 g/mol. The molecule has 4 nitrogen and oxygen atoms in total. The van der Waals surface area contributed by atoms with Gasteiger partial charge in [-0.15, -0.1) is 0 Å². The zero-order valence-corrected chi connectivity index (χ0v) is 14.1. The third-order valence-electron chi connectivity index (χ3n) is 3.34. The molecule has 2 aromatic rings. The summed E-state index contributed by atoms with van der Waals surface area (Å²) >= 11 is 12.1. The molecule has 3 rings (SSSR count). The molecule has 120 valence electrons. The van der Waals surface area contributed by atoms with Gasteiger partial charge in [0.25, 0.3) is 0 Å². The first-order chi connectivity index (χ1) is 11.0. The Labute approximate surface area is 144 Å². The minimum atomic E-state index is -0.609. The number of carbonyl (C=O) groups excluding carboxylic acids is 1. The molecule has 0 spiro atoms. The highest BCUT2D eigenvalue weighted by Crippen LogP contribution is 2.40. The van der Waals surface area contributed by atoms with Gasteiger partial charge in [-0.1, -0.05) is 41.4 Å². The molecule has 0 saturated carbocycles. The average Bonchev–Trinajstić information content (AvgIpc) is 2.45. The van der Waals surface area contributed by atoms with Crippen LogP contribution in [0.2, 0.25) is 10.0 Å². The summed E-state index contributed by atoms with van der Waals surface area (Å²) in [4.78, 5) is 13.9. The van der Waals surface area contributed by atoms with Crippen molar-refractivity contribution >= 4 is 35.0 Å². The fraction of sp³-hybridized carbons (Fsp3) is 0.235. The number of halogens is 2. The van der Waals surface area contributed by atoms with Crippen LogP contribution >= 0.6 is 23.2 Å². The summed E-state index contributed by atoms with van der Waals surface area (Å²) < 4.78 is 11.4. The number of carbonyl (C=O) groups is 1. The van der Waals surface area contributed by atoms with E-state index in [1.807, 2.05) is 32.0 Å². The molecule has 6 heteroatoms. The molecule has 0 radical (unpaired) electrons. The number of benzene rings is 2. The number of rotatable bonds is 3. The fourth-order valence-electron chi connectivity index (χ4n) is 2.47. The van der Waals surface area contributed by atoms with Crippen LogP contribution in [0.4, 0.5) is 10.5 Å². The number of ether oxygens (including phenoxy) is 2. The lowest BCUT2D eigenvalue weighted by Gasteiger charge is -2.36. The van der Waals surface area contributed by atoms with Crippen LogP contribution in [0.25, 0.3) is 0 Å².